The maximum absolute atomic E-state index is 12.2. The highest BCUT2D eigenvalue weighted by atomic mass is 16.5. The summed E-state index contributed by atoms with van der Waals surface area (Å²) in [7, 11) is 0. The lowest BCUT2D eigenvalue weighted by Gasteiger charge is -2.38. The molecule has 0 unspecified atom stereocenters. The van der Waals surface area contributed by atoms with Crippen LogP contribution in [0.5, 0.6) is 5.75 Å². The molecule has 0 aromatic heterocycles. The van der Waals surface area contributed by atoms with Crippen LogP contribution in [0, 0.1) is 0 Å². The molecule has 0 atom stereocenters. The molecule has 0 radical (unpaired) electrons. The van der Waals surface area contributed by atoms with Crippen molar-refractivity contribution in [2.75, 3.05) is 0 Å². The lowest BCUT2D eigenvalue weighted by Crippen LogP contribution is -2.59. The first kappa shape index (κ1) is 16.1. The topological polar surface area (TPSA) is 75.6 Å². The second-order valence-corrected chi connectivity index (χ2v) is 5.99. The largest absolute Gasteiger partial charge is 0.489 e. The van der Waals surface area contributed by atoms with Crippen molar-refractivity contribution in [2.24, 2.45) is 0 Å². The fourth-order valence-corrected chi connectivity index (χ4v) is 2.65. The van der Waals surface area contributed by atoms with Gasteiger partial charge >= 0.3 is 5.97 Å². The van der Waals surface area contributed by atoms with E-state index in [4.69, 9.17) is 4.74 Å². The smallest absolute Gasteiger partial charge is 0.329 e. The number of nitrogens with one attached hydrogen (secondary N) is 1. The van der Waals surface area contributed by atoms with E-state index < -0.39 is 11.5 Å². The molecule has 1 fully saturated rings. The van der Waals surface area contributed by atoms with Gasteiger partial charge in [-0.25, -0.2) is 4.79 Å². The van der Waals surface area contributed by atoms with Crippen LogP contribution in [0.15, 0.2) is 54.6 Å². The average molecular weight is 325 g/mol. The first-order valence-corrected chi connectivity index (χ1v) is 7.92. The number of para-hydroxylation sites is 1. The summed E-state index contributed by atoms with van der Waals surface area (Å²) < 4.78 is 5.65. The molecule has 5 nitrogen and oxygen atoms in total. The number of rotatable bonds is 6. The third-order valence-electron chi connectivity index (χ3n) is 4.33. The zero-order valence-electron chi connectivity index (χ0n) is 13.2. The highest BCUT2D eigenvalue weighted by Gasteiger charge is 2.45. The van der Waals surface area contributed by atoms with E-state index in [0.717, 1.165) is 17.7 Å². The van der Waals surface area contributed by atoms with Crippen LogP contribution in [0.3, 0.4) is 0 Å². The molecule has 1 aliphatic rings. The standard InChI is InChI=1S/C19H19NO4/c21-17(20-19(18(22)23)11-4-12-19)15-9-7-14(8-10-15)13-24-16-5-2-1-3-6-16/h1-3,5-10H,4,11-13H2,(H,20,21)(H,22,23). The highest BCUT2D eigenvalue weighted by molar-refractivity contribution is 5.98. The van der Waals surface area contributed by atoms with Gasteiger partial charge in [-0.15, -0.1) is 0 Å². The lowest BCUT2D eigenvalue weighted by molar-refractivity contribution is -0.148. The van der Waals surface area contributed by atoms with Gasteiger partial charge in [0.2, 0.25) is 0 Å². The minimum absolute atomic E-state index is 0.354. The summed E-state index contributed by atoms with van der Waals surface area (Å²) in [5.74, 6) is -0.532. The van der Waals surface area contributed by atoms with E-state index in [1.807, 2.05) is 42.5 Å². The molecule has 0 spiro atoms. The van der Waals surface area contributed by atoms with Crippen molar-refractivity contribution in [1.29, 1.82) is 0 Å². The van der Waals surface area contributed by atoms with Gasteiger partial charge in [0.1, 0.15) is 17.9 Å². The van der Waals surface area contributed by atoms with Crippen LogP contribution in [0.25, 0.3) is 0 Å². The predicted molar refractivity (Wildman–Crippen MR) is 88.9 cm³/mol. The Morgan fingerprint density at radius 2 is 1.71 bits per heavy atom. The van der Waals surface area contributed by atoms with E-state index in [-0.39, 0.29) is 5.91 Å². The first-order chi connectivity index (χ1) is 11.6. The van der Waals surface area contributed by atoms with E-state index in [9.17, 15) is 14.7 Å². The normalized spacial score (nSPS) is 15.2. The van der Waals surface area contributed by atoms with Gasteiger partial charge in [0.25, 0.3) is 5.91 Å². The predicted octanol–water partition coefficient (Wildman–Crippen LogP) is 3.00. The maximum Gasteiger partial charge on any atom is 0.329 e. The Labute approximate surface area is 140 Å². The number of hydrogen-bond donors (Lipinski definition) is 2. The van der Waals surface area contributed by atoms with E-state index in [2.05, 4.69) is 5.32 Å². The molecule has 5 heteroatoms. The van der Waals surface area contributed by atoms with E-state index in [1.54, 1.807) is 12.1 Å². The Kier molecular flexibility index (Phi) is 4.51. The van der Waals surface area contributed by atoms with Gasteiger partial charge in [-0.3, -0.25) is 4.79 Å². The number of hydrogen-bond acceptors (Lipinski definition) is 3. The van der Waals surface area contributed by atoms with Crippen LogP contribution in [0.2, 0.25) is 0 Å². The fourth-order valence-electron chi connectivity index (χ4n) is 2.65. The molecule has 2 N–H and O–H groups in total. The second kappa shape index (κ2) is 6.74. The number of carbonyl (C=O) groups is 2. The van der Waals surface area contributed by atoms with Crippen LogP contribution in [-0.2, 0) is 11.4 Å². The number of carboxylic acids is 1. The molecule has 1 amide bonds. The molecule has 1 saturated carbocycles. The number of carboxylic acid groups (broad SMARTS) is 1. The number of aliphatic carboxylic acids is 1. The summed E-state index contributed by atoms with van der Waals surface area (Å²) >= 11 is 0. The van der Waals surface area contributed by atoms with Crippen molar-refractivity contribution < 1.29 is 19.4 Å². The van der Waals surface area contributed by atoms with Crippen LogP contribution in [0.4, 0.5) is 0 Å². The lowest BCUT2D eigenvalue weighted by atomic mass is 9.76. The van der Waals surface area contributed by atoms with Crippen molar-refractivity contribution in [3.8, 4) is 5.75 Å². The Hall–Kier alpha value is -2.82. The van der Waals surface area contributed by atoms with Gasteiger partial charge in [-0.05, 0) is 49.1 Å². The zero-order chi connectivity index (χ0) is 17.0. The molecule has 0 bridgehead atoms. The molecule has 1 aliphatic carbocycles. The van der Waals surface area contributed by atoms with Crippen molar-refractivity contribution >= 4 is 11.9 Å². The fraction of sp³-hybridized carbons (Fsp3) is 0.263. The summed E-state index contributed by atoms with van der Waals surface area (Å²) in [5.41, 5.74) is 0.296. The number of amides is 1. The molecule has 24 heavy (non-hydrogen) atoms. The van der Waals surface area contributed by atoms with E-state index in [0.29, 0.717) is 25.0 Å². The summed E-state index contributed by atoms with van der Waals surface area (Å²) in [5, 5.41) is 11.9. The molecule has 2 aromatic carbocycles. The maximum atomic E-state index is 12.2. The molecule has 0 saturated heterocycles. The SMILES string of the molecule is O=C(NC1(C(=O)O)CCC1)c1ccc(COc2ccccc2)cc1. The van der Waals surface area contributed by atoms with Gasteiger partial charge in [0.15, 0.2) is 0 Å². The summed E-state index contributed by atoms with van der Waals surface area (Å²) in [4.78, 5) is 23.6. The minimum atomic E-state index is -1.09. The molecule has 3 rings (SSSR count). The Morgan fingerprint density at radius 1 is 1.04 bits per heavy atom. The minimum Gasteiger partial charge on any atom is -0.489 e. The van der Waals surface area contributed by atoms with Crippen molar-refractivity contribution in [2.45, 2.75) is 31.4 Å². The van der Waals surface area contributed by atoms with Gasteiger partial charge in [-0.1, -0.05) is 30.3 Å². The summed E-state index contributed by atoms with van der Waals surface area (Å²) in [6.45, 7) is 0.408. The van der Waals surface area contributed by atoms with Crippen molar-refractivity contribution in [3.05, 3.63) is 65.7 Å². The Morgan fingerprint density at radius 3 is 2.25 bits per heavy atom. The van der Waals surface area contributed by atoms with Crippen molar-refractivity contribution in [3.63, 3.8) is 0 Å². The van der Waals surface area contributed by atoms with Crippen LogP contribution < -0.4 is 10.1 Å². The molecule has 2 aromatic rings. The highest BCUT2D eigenvalue weighted by Crippen LogP contribution is 2.32. The number of ether oxygens (including phenoxy) is 1. The van der Waals surface area contributed by atoms with Crippen LogP contribution in [0.1, 0.15) is 35.2 Å². The Balaban J connectivity index is 1.59. The average Bonchev–Trinajstić information content (AvgIpc) is 2.57. The monoisotopic (exact) mass is 325 g/mol. The van der Waals surface area contributed by atoms with Crippen LogP contribution in [-0.4, -0.2) is 22.5 Å². The van der Waals surface area contributed by atoms with Gasteiger partial charge in [-0.2, -0.15) is 0 Å². The third kappa shape index (κ3) is 3.40. The van der Waals surface area contributed by atoms with Gasteiger partial charge in [0, 0.05) is 5.56 Å². The number of benzene rings is 2. The molecular formula is C19H19NO4. The van der Waals surface area contributed by atoms with Gasteiger partial charge < -0.3 is 15.2 Å². The quantitative estimate of drug-likeness (QED) is 0.856. The molecular weight excluding hydrogens is 306 g/mol. The molecule has 0 heterocycles. The second-order valence-electron chi connectivity index (χ2n) is 5.99. The van der Waals surface area contributed by atoms with Crippen LogP contribution >= 0.6 is 0 Å². The van der Waals surface area contributed by atoms with E-state index >= 15 is 0 Å². The van der Waals surface area contributed by atoms with Crippen molar-refractivity contribution in [1.82, 2.24) is 5.32 Å². The van der Waals surface area contributed by atoms with E-state index in [1.165, 1.54) is 0 Å². The first-order valence-electron chi connectivity index (χ1n) is 7.92. The zero-order valence-corrected chi connectivity index (χ0v) is 13.2. The summed E-state index contributed by atoms with van der Waals surface area (Å²) in [6, 6.07) is 16.5. The molecule has 124 valence electrons. The number of carbonyl (C=O) groups excluding carboxylic acids is 1. The Bertz CT molecular complexity index is 721. The summed E-state index contributed by atoms with van der Waals surface area (Å²) in [6.07, 6.45) is 1.79. The molecule has 0 aliphatic heterocycles. The third-order valence-corrected chi connectivity index (χ3v) is 4.33. The van der Waals surface area contributed by atoms with Gasteiger partial charge in [0.05, 0.1) is 0 Å².